The first-order chi connectivity index (χ1) is 14.0. The van der Waals surface area contributed by atoms with Gasteiger partial charge in [0, 0.05) is 11.1 Å². The van der Waals surface area contributed by atoms with Gasteiger partial charge >= 0.3 is 5.97 Å². The van der Waals surface area contributed by atoms with E-state index in [0.29, 0.717) is 22.9 Å². The number of Topliss-reactive ketones (excluding diaryl/α,β-unsaturated/α-hetero) is 1. The lowest BCUT2D eigenvalue weighted by Crippen LogP contribution is -2.10. The largest absolute Gasteiger partial charge is 0.497 e. The Morgan fingerprint density at radius 1 is 1.07 bits per heavy atom. The summed E-state index contributed by atoms with van der Waals surface area (Å²) in [7, 11) is 1.57. The minimum absolute atomic E-state index is 0.0179. The predicted octanol–water partition coefficient (Wildman–Crippen LogP) is 3.46. The fraction of sp³-hybridized carbons (Fsp3) is 0.238. The Labute approximate surface area is 167 Å². The molecule has 0 aliphatic heterocycles. The summed E-state index contributed by atoms with van der Waals surface area (Å²) in [5.41, 5.74) is 1.33. The van der Waals surface area contributed by atoms with Crippen molar-refractivity contribution in [3.63, 3.8) is 0 Å². The van der Waals surface area contributed by atoms with Gasteiger partial charge in [0.15, 0.2) is 12.4 Å². The molecule has 0 N–H and O–H groups in total. The maximum atomic E-state index is 11.9. The lowest BCUT2D eigenvalue weighted by Gasteiger charge is -2.06. The number of hydrogen-bond acceptors (Lipinski definition) is 8. The molecular formula is C21H20N2O6. The first-order valence-corrected chi connectivity index (χ1v) is 8.91. The zero-order chi connectivity index (χ0) is 20.6. The van der Waals surface area contributed by atoms with Gasteiger partial charge in [-0.2, -0.15) is 4.98 Å². The van der Waals surface area contributed by atoms with Gasteiger partial charge in [0.25, 0.3) is 5.89 Å². The van der Waals surface area contributed by atoms with Crippen molar-refractivity contribution in [2.75, 3.05) is 13.7 Å². The third kappa shape index (κ3) is 5.65. The van der Waals surface area contributed by atoms with Gasteiger partial charge in [0.05, 0.1) is 20.1 Å². The molecule has 3 aromatic rings. The maximum Gasteiger partial charge on any atom is 0.309 e. The van der Waals surface area contributed by atoms with E-state index in [-0.39, 0.29) is 31.3 Å². The van der Waals surface area contributed by atoms with Crippen LogP contribution < -0.4 is 9.47 Å². The van der Waals surface area contributed by atoms with E-state index in [1.54, 1.807) is 37.4 Å². The fourth-order valence-corrected chi connectivity index (χ4v) is 2.45. The number of carbonyl (C=O) groups excluding carboxylic acids is 2. The summed E-state index contributed by atoms with van der Waals surface area (Å²) >= 11 is 0. The number of rotatable bonds is 9. The standard InChI is InChI=1S/C21H20N2O6/c1-14(24)15-6-8-17(9-7-15)27-11-10-20(25)28-13-19-22-21(23-29-19)16-4-3-5-18(12-16)26-2/h3-9,12H,10-11,13H2,1-2H3. The van der Waals surface area contributed by atoms with Crippen LogP contribution in [0.25, 0.3) is 11.4 Å². The minimum Gasteiger partial charge on any atom is -0.497 e. The van der Waals surface area contributed by atoms with Gasteiger partial charge in [0.1, 0.15) is 11.5 Å². The van der Waals surface area contributed by atoms with E-state index < -0.39 is 5.97 Å². The number of esters is 1. The molecule has 0 bridgehead atoms. The topological polar surface area (TPSA) is 101 Å². The summed E-state index contributed by atoms with van der Waals surface area (Å²) in [6, 6.07) is 13.9. The second kappa shape index (κ2) is 9.50. The molecule has 0 saturated carbocycles. The quantitative estimate of drug-likeness (QED) is 0.400. The molecule has 0 unspecified atom stereocenters. The molecule has 3 rings (SSSR count). The van der Waals surface area contributed by atoms with Gasteiger partial charge in [-0.3, -0.25) is 9.59 Å². The Morgan fingerprint density at radius 2 is 1.86 bits per heavy atom. The highest BCUT2D eigenvalue weighted by molar-refractivity contribution is 5.94. The summed E-state index contributed by atoms with van der Waals surface area (Å²) in [6.45, 7) is 1.52. The zero-order valence-corrected chi connectivity index (χ0v) is 16.1. The van der Waals surface area contributed by atoms with Crippen molar-refractivity contribution in [2.24, 2.45) is 0 Å². The van der Waals surface area contributed by atoms with Crippen LogP contribution in [0.1, 0.15) is 29.6 Å². The molecule has 1 heterocycles. The lowest BCUT2D eigenvalue weighted by atomic mass is 10.1. The van der Waals surface area contributed by atoms with E-state index in [2.05, 4.69) is 10.1 Å². The molecule has 8 heteroatoms. The van der Waals surface area contributed by atoms with E-state index in [1.165, 1.54) is 6.92 Å². The third-order valence-corrected chi connectivity index (χ3v) is 3.99. The Bertz CT molecular complexity index is 981. The van der Waals surface area contributed by atoms with Gasteiger partial charge in [-0.05, 0) is 43.3 Å². The average molecular weight is 396 g/mol. The van der Waals surface area contributed by atoms with E-state index in [4.69, 9.17) is 18.7 Å². The van der Waals surface area contributed by atoms with E-state index in [1.807, 2.05) is 18.2 Å². The normalized spacial score (nSPS) is 10.4. The first-order valence-electron chi connectivity index (χ1n) is 8.91. The SMILES string of the molecule is COc1cccc(-c2noc(COC(=O)CCOc3ccc(C(C)=O)cc3)n2)c1. The van der Waals surface area contributed by atoms with Crippen LogP contribution in [0, 0.1) is 0 Å². The highest BCUT2D eigenvalue weighted by atomic mass is 16.6. The van der Waals surface area contributed by atoms with Gasteiger partial charge in [-0.15, -0.1) is 0 Å². The number of nitrogens with zero attached hydrogens (tertiary/aromatic N) is 2. The van der Waals surface area contributed by atoms with E-state index in [0.717, 1.165) is 5.56 Å². The Kier molecular flexibility index (Phi) is 6.57. The number of carbonyl (C=O) groups is 2. The summed E-state index contributed by atoms with van der Waals surface area (Å²) in [6.07, 6.45) is 0.0609. The second-order valence-electron chi connectivity index (χ2n) is 6.08. The minimum atomic E-state index is -0.452. The van der Waals surface area contributed by atoms with Crippen LogP contribution in [0.5, 0.6) is 11.5 Å². The summed E-state index contributed by atoms with van der Waals surface area (Å²) in [4.78, 5) is 27.3. The van der Waals surface area contributed by atoms with Gasteiger partial charge < -0.3 is 18.7 Å². The molecule has 0 saturated heterocycles. The molecule has 8 nitrogen and oxygen atoms in total. The van der Waals surface area contributed by atoms with Crippen LogP contribution in [0.3, 0.4) is 0 Å². The summed E-state index contributed by atoms with van der Waals surface area (Å²) in [5.74, 6) is 1.35. The first kappa shape index (κ1) is 20.1. The van der Waals surface area contributed by atoms with Gasteiger partial charge in [-0.1, -0.05) is 17.3 Å². The molecule has 0 fully saturated rings. The molecule has 2 aromatic carbocycles. The number of hydrogen-bond donors (Lipinski definition) is 0. The summed E-state index contributed by atoms with van der Waals surface area (Å²) in [5, 5.41) is 3.88. The molecule has 0 spiro atoms. The predicted molar refractivity (Wildman–Crippen MR) is 103 cm³/mol. The highest BCUT2D eigenvalue weighted by Crippen LogP contribution is 2.21. The molecule has 0 atom stereocenters. The molecular weight excluding hydrogens is 376 g/mol. The maximum absolute atomic E-state index is 11.9. The molecule has 0 amide bonds. The van der Waals surface area contributed by atoms with Crippen LogP contribution in [-0.2, 0) is 16.1 Å². The van der Waals surface area contributed by atoms with E-state index in [9.17, 15) is 9.59 Å². The molecule has 0 radical (unpaired) electrons. The molecule has 0 aliphatic rings. The monoisotopic (exact) mass is 396 g/mol. The molecule has 0 aliphatic carbocycles. The molecule has 29 heavy (non-hydrogen) atoms. The second-order valence-corrected chi connectivity index (χ2v) is 6.08. The van der Waals surface area contributed by atoms with Gasteiger partial charge in [-0.25, -0.2) is 0 Å². The zero-order valence-electron chi connectivity index (χ0n) is 16.1. The van der Waals surface area contributed by atoms with Crippen molar-refractivity contribution >= 4 is 11.8 Å². The number of aromatic nitrogens is 2. The van der Waals surface area contributed by atoms with Crippen LogP contribution in [0.15, 0.2) is 53.1 Å². The van der Waals surface area contributed by atoms with Crippen molar-refractivity contribution in [1.82, 2.24) is 10.1 Å². The molecule has 1 aromatic heterocycles. The Hall–Kier alpha value is -3.68. The number of ether oxygens (including phenoxy) is 3. The average Bonchev–Trinajstić information content (AvgIpc) is 3.22. The number of methoxy groups -OCH3 is 1. The van der Waals surface area contributed by atoms with Crippen molar-refractivity contribution in [3.05, 3.63) is 60.0 Å². The van der Waals surface area contributed by atoms with Gasteiger partial charge in [0.2, 0.25) is 5.82 Å². The lowest BCUT2D eigenvalue weighted by molar-refractivity contribution is -0.146. The van der Waals surface area contributed by atoms with E-state index >= 15 is 0 Å². The highest BCUT2D eigenvalue weighted by Gasteiger charge is 2.12. The van der Waals surface area contributed by atoms with Crippen molar-refractivity contribution in [3.8, 4) is 22.9 Å². The van der Waals surface area contributed by atoms with Crippen molar-refractivity contribution < 1.29 is 28.3 Å². The molecule has 150 valence electrons. The van der Waals surface area contributed by atoms with Crippen LogP contribution >= 0.6 is 0 Å². The van der Waals surface area contributed by atoms with Crippen molar-refractivity contribution in [2.45, 2.75) is 20.0 Å². The van der Waals surface area contributed by atoms with Crippen LogP contribution in [0.4, 0.5) is 0 Å². The Morgan fingerprint density at radius 3 is 2.59 bits per heavy atom. The Balaban J connectivity index is 1.43. The third-order valence-electron chi connectivity index (χ3n) is 3.99. The van der Waals surface area contributed by atoms with Crippen LogP contribution in [-0.4, -0.2) is 35.6 Å². The smallest absolute Gasteiger partial charge is 0.309 e. The number of ketones is 1. The fourth-order valence-electron chi connectivity index (χ4n) is 2.45. The van der Waals surface area contributed by atoms with Crippen LogP contribution in [0.2, 0.25) is 0 Å². The summed E-state index contributed by atoms with van der Waals surface area (Å²) < 4.78 is 20.9. The van der Waals surface area contributed by atoms with Crippen molar-refractivity contribution in [1.29, 1.82) is 0 Å². The number of benzene rings is 2.